The fraction of sp³-hybridized carbons (Fsp3) is 0.0690. The number of anilines is 3. The van der Waals surface area contributed by atoms with Crippen LogP contribution in [0.3, 0.4) is 0 Å². The summed E-state index contributed by atoms with van der Waals surface area (Å²) in [6.07, 6.45) is 0. The number of rotatable bonds is 1. The molecular formula is C29H19N3O2. The summed E-state index contributed by atoms with van der Waals surface area (Å²) in [6.45, 7) is 3.82. The average Bonchev–Trinajstić information content (AvgIpc) is 2.87. The van der Waals surface area contributed by atoms with Crippen LogP contribution in [0.2, 0.25) is 0 Å². The van der Waals surface area contributed by atoms with Crippen molar-refractivity contribution in [2.75, 3.05) is 4.90 Å². The van der Waals surface area contributed by atoms with Gasteiger partial charge in [0.2, 0.25) is 5.78 Å². The summed E-state index contributed by atoms with van der Waals surface area (Å²) in [5.41, 5.74) is 7.19. The lowest BCUT2D eigenvalue weighted by Crippen LogP contribution is -2.18. The zero-order chi connectivity index (χ0) is 23.0. The summed E-state index contributed by atoms with van der Waals surface area (Å²) in [4.78, 5) is 25.1. The molecule has 0 bridgehead atoms. The van der Waals surface area contributed by atoms with Gasteiger partial charge in [-0.2, -0.15) is 0 Å². The maximum Gasteiger partial charge on any atom is 0.214 e. The van der Waals surface area contributed by atoms with E-state index in [-0.39, 0.29) is 5.78 Å². The quantitative estimate of drug-likeness (QED) is 0.274. The number of nitrogens with zero attached hydrogens (tertiary/aromatic N) is 3. The van der Waals surface area contributed by atoms with Crippen LogP contribution in [-0.2, 0) is 0 Å². The number of aryl methyl sites for hydroxylation is 2. The summed E-state index contributed by atoms with van der Waals surface area (Å²) in [6, 6.07) is 26.1. The monoisotopic (exact) mass is 441 g/mol. The van der Waals surface area contributed by atoms with Crippen LogP contribution in [0.25, 0.3) is 22.0 Å². The van der Waals surface area contributed by atoms with E-state index >= 15 is 0 Å². The van der Waals surface area contributed by atoms with Crippen molar-refractivity contribution in [3.63, 3.8) is 0 Å². The molecule has 0 amide bonds. The van der Waals surface area contributed by atoms with Gasteiger partial charge in [-0.05, 0) is 50.2 Å². The van der Waals surface area contributed by atoms with Crippen LogP contribution in [0.1, 0.15) is 27.4 Å². The average molecular weight is 441 g/mol. The third kappa shape index (κ3) is 2.46. The summed E-state index contributed by atoms with van der Waals surface area (Å²) in [7, 11) is 0. The van der Waals surface area contributed by atoms with E-state index in [1.165, 1.54) is 0 Å². The van der Waals surface area contributed by atoms with Crippen LogP contribution in [0, 0.1) is 13.8 Å². The molecule has 0 spiro atoms. The molecule has 4 aromatic carbocycles. The minimum atomic E-state index is -0.0800. The van der Waals surface area contributed by atoms with Crippen molar-refractivity contribution in [2.24, 2.45) is 0 Å². The molecule has 0 radical (unpaired) electrons. The van der Waals surface area contributed by atoms with E-state index in [1.807, 2.05) is 62.4 Å². The van der Waals surface area contributed by atoms with E-state index in [1.54, 1.807) is 0 Å². The van der Waals surface area contributed by atoms with Crippen molar-refractivity contribution in [3.8, 4) is 22.8 Å². The SMILES string of the molecule is Cc1nc2c(nc1C)-c1ccc(N3c4ccccc4Oc4ccccc43)c3cccc(c13)C2=O. The van der Waals surface area contributed by atoms with E-state index in [0.29, 0.717) is 17.0 Å². The first-order valence-electron chi connectivity index (χ1n) is 11.2. The highest BCUT2D eigenvalue weighted by Crippen LogP contribution is 2.52. The Morgan fingerprint density at radius 2 is 1.29 bits per heavy atom. The van der Waals surface area contributed by atoms with Gasteiger partial charge < -0.3 is 9.64 Å². The molecule has 2 aliphatic rings. The van der Waals surface area contributed by atoms with Crippen LogP contribution < -0.4 is 9.64 Å². The number of carbonyl (C=O) groups is 1. The molecular weight excluding hydrogens is 422 g/mol. The fourth-order valence-electron chi connectivity index (χ4n) is 5.01. The maximum absolute atomic E-state index is 13.5. The van der Waals surface area contributed by atoms with Crippen LogP contribution in [0.15, 0.2) is 78.9 Å². The highest BCUT2D eigenvalue weighted by molar-refractivity contribution is 6.26. The molecule has 5 nitrogen and oxygen atoms in total. The topological polar surface area (TPSA) is 55.3 Å². The Hall–Kier alpha value is -4.51. The van der Waals surface area contributed by atoms with E-state index in [4.69, 9.17) is 9.72 Å². The number of hydrogen-bond acceptors (Lipinski definition) is 5. The second-order valence-corrected chi connectivity index (χ2v) is 8.65. The number of para-hydroxylation sites is 4. The summed E-state index contributed by atoms with van der Waals surface area (Å²) >= 11 is 0. The minimum absolute atomic E-state index is 0.0800. The van der Waals surface area contributed by atoms with Crippen molar-refractivity contribution in [3.05, 3.63) is 102 Å². The summed E-state index contributed by atoms with van der Waals surface area (Å²) in [5, 5.41) is 1.90. The number of hydrogen-bond donors (Lipinski definition) is 0. The lowest BCUT2D eigenvalue weighted by atomic mass is 9.86. The molecule has 5 aromatic rings. The Balaban J connectivity index is 1.56. The third-order valence-electron chi connectivity index (χ3n) is 6.71. The van der Waals surface area contributed by atoms with Gasteiger partial charge in [0.15, 0.2) is 11.5 Å². The van der Waals surface area contributed by atoms with Crippen LogP contribution >= 0.6 is 0 Å². The highest BCUT2D eigenvalue weighted by atomic mass is 16.5. The summed E-state index contributed by atoms with van der Waals surface area (Å²) < 4.78 is 6.19. The Morgan fingerprint density at radius 1 is 0.647 bits per heavy atom. The molecule has 7 rings (SSSR count). The predicted molar refractivity (Wildman–Crippen MR) is 133 cm³/mol. The lowest BCUT2D eigenvalue weighted by Gasteiger charge is -2.34. The van der Waals surface area contributed by atoms with Crippen molar-refractivity contribution >= 4 is 33.6 Å². The van der Waals surface area contributed by atoms with E-state index in [0.717, 1.165) is 56.3 Å². The number of ketones is 1. The van der Waals surface area contributed by atoms with Crippen LogP contribution in [0.5, 0.6) is 11.5 Å². The number of benzene rings is 4. The fourth-order valence-corrected chi connectivity index (χ4v) is 5.01. The number of carbonyl (C=O) groups excluding carboxylic acids is 1. The maximum atomic E-state index is 13.5. The van der Waals surface area contributed by atoms with Gasteiger partial charge in [-0.3, -0.25) is 4.79 Å². The predicted octanol–water partition coefficient (Wildman–Crippen LogP) is 7.03. The van der Waals surface area contributed by atoms with Crippen molar-refractivity contribution in [1.82, 2.24) is 9.97 Å². The molecule has 2 heterocycles. The van der Waals surface area contributed by atoms with Crippen molar-refractivity contribution in [1.29, 1.82) is 0 Å². The van der Waals surface area contributed by atoms with Gasteiger partial charge in [0.25, 0.3) is 0 Å². The molecule has 1 aromatic heterocycles. The summed E-state index contributed by atoms with van der Waals surface area (Å²) in [5.74, 6) is 1.50. The zero-order valence-electron chi connectivity index (χ0n) is 18.7. The number of ether oxygens (including phenoxy) is 1. The molecule has 1 aliphatic heterocycles. The molecule has 34 heavy (non-hydrogen) atoms. The molecule has 0 saturated carbocycles. The van der Waals surface area contributed by atoms with Gasteiger partial charge in [0.1, 0.15) is 11.4 Å². The second-order valence-electron chi connectivity index (χ2n) is 8.65. The molecule has 0 N–H and O–H groups in total. The number of aromatic nitrogens is 2. The van der Waals surface area contributed by atoms with Gasteiger partial charge in [-0.1, -0.05) is 42.5 Å². The third-order valence-corrected chi connectivity index (χ3v) is 6.71. The molecule has 162 valence electrons. The molecule has 0 saturated heterocycles. The molecule has 0 atom stereocenters. The highest BCUT2D eigenvalue weighted by Gasteiger charge is 2.32. The largest absolute Gasteiger partial charge is 0.453 e. The minimum Gasteiger partial charge on any atom is -0.453 e. The van der Waals surface area contributed by atoms with Gasteiger partial charge >= 0.3 is 0 Å². The first-order chi connectivity index (χ1) is 16.6. The Labute approximate surface area is 196 Å². The second kappa shape index (κ2) is 6.75. The normalized spacial score (nSPS) is 13.2. The van der Waals surface area contributed by atoms with Crippen LogP contribution in [0.4, 0.5) is 17.1 Å². The van der Waals surface area contributed by atoms with Crippen molar-refractivity contribution < 1.29 is 9.53 Å². The van der Waals surface area contributed by atoms with Gasteiger partial charge in [0.05, 0.1) is 28.5 Å². The van der Waals surface area contributed by atoms with E-state index < -0.39 is 0 Å². The lowest BCUT2D eigenvalue weighted by molar-refractivity contribution is 0.103. The van der Waals surface area contributed by atoms with Crippen LogP contribution in [-0.4, -0.2) is 15.8 Å². The smallest absolute Gasteiger partial charge is 0.214 e. The number of fused-ring (bicyclic) bond motifs is 4. The molecule has 0 fully saturated rings. The zero-order valence-corrected chi connectivity index (χ0v) is 18.7. The van der Waals surface area contributed by atoms with Gasteiger partial charge in [0, 0.05) is 21.9 Å². The molecule has 1 aliphatic carbocycles. The molecule has 0 unspecified atom stereocenters. The Bertz CT molecular complexity index is 1640. The molecule has 5 heteroatoms. The van der Waals surface area contributed by atoms with Crippen molar-refractivity contribution in [2.45, 2.75) is 13.8 Å². The standard InChI is InChI=1S/C29H19N3O2/c1-16-17(2)31-28-27(30-16)19-14-15-21(18-8-7-9-20(26(18)19)29(28)33)32-22-10-3-5-12-24(22)34-25-13-6-4-11-23(25)32/h3-15H,1-2H3. The van der Waals surface area contributed by atoms with E-state index in [2.05, 4.69) is 40.2 Å². The first kappa shape index (κ1) is 19.0. The van der Waals surface area contributed by atoms with Gasteiger partial charge in [-0.15, -0.1) is 0 Å². The van der Waals surface area contributed by atoms with E-state index in [9.17, 15) is 4.79 Å². The Kier molecular flexibility index (Phi) is 3.77. The van der Waals surface area contributed by atoms with Gasteiger partial charge in [-0.25, -0.2) is 9.97 Å². The first-order valence-corrected chi connectivity index (χ1v) is 11.2. The Morgan fingerprint density at radius 3 is 2.00 bits per heavy atom.